The van der Waals surface area contributed by atoms with E-state index >= 15 is 0 Å². The minimum absolute atomic E-state index is 0.139. The van der Waals surface area contributed by atoms with E-state index in [1.54, 1.807) is 6.20 Å². The monoisotopic (exact) mass is 374 g/mol. The standard InChI is InChI=1S/C24H26N2O2/c1-2-7-20-18-10-6-11-21(27)19(18)12-13-22(20)28-23(16-24-25-14-15-26-24)17-8-4-3-5-9-17/h3-5,8-9,12-15,23H,2,6-7,10-11,16H2,1H3,(H,25,26)/t23-/m0/s1. The molecule has 2 aromatic carbocycles. The molecule has 0 amide bonds. The molecule has 0 fully saturated rings. The molecule has 1 aliphatic carbocycles. The molecule has 0 unspecified atom stereocenters. The van der Waals surface area contributed by atoms with Gasteiger partial charge in [0.25, 0.3) is 0 Å². The number of ether oxygens (including phenoxy) is 1. The summed E-state index contributed by atoms with van der Waals surface area (Å²) in [5.41, 5.74) is 4.41. The molecule has 1 aromatic heterocycles. The van der Waals surface area contributed by atoms with Crippen molar-refractivity contribution < 1.29 is 9.53 Å². The number of rotatable bonds is 7. The maximum absolute atomic E-state index is 12.4. The lowest BCUT2D eigenvalue weighted by Crippen LogP contribution is -2.17. The first-order valence-corrected chi connectivity index (χ1v) is 10.1. The number of Topliss-reactive ketones (excluding diaryl/α,β-unsaturated/α-hetero) is 1. The van der Waals surface area contributed by atoms with Gasteiger partial charge in [0.2, 0.25) is 0 Å². The van der Waals surface area contributed by atoms with Crippen LogP contribution in [-0.2, 0) is 19.3 Å². The van der Waals surface area contributed by atoms with E-state index in [0.717, 1.165) is 48.4 Å². The molecule has 0 radical (unpaired) electrons. The van der Waals surface area contributed by atoms with E-state index in [1.807, 2.05) is 36.5 Å². The van der Waals surface area contributed by atoms with Gasteiger partial charge in [-0.2, -0.15) is 0 Å². The number of nitrogens with zero attached hydrogens (tertiary/aromatic N) is 1. The molecule has 1 N–H and O–H groups in total. The van der Waals surface area contributed by atoms with Crippen LogP contribution in [0.15, 0.2) is 54.9 Å². The SMILES string of the molecule is CCCc1c(O[C@@H](Cc2ncc[nH]2)c2ccccc2)ccc2c1CCCC2=O. The molecular formula is C24H26N2O2. The van der Waals surface area contributed by atoms with E-state index in [2.05, 4.69) is 29.0 Å². The lowest BCUT2D eigenvalue weighted by molar-refractivity contribution is 0.0972. The van der Waals surface area contributed by atoms with Crippen molar-refractivity contribution in [2.75, 3.05) is 0 Å². The number of aromatic nitrogens is 2. The number of carbonyl (C=O) groups is 1. The van der Waals surface area contributed by atoms with E-state index in [9.17, 15) is 4.79 Å². The second-order valence-corrected chi connectivity index (χ2v) is 7.35. The Morgan fingerprint density at radius 3 is 2.75 bits per heavy atom. The summed E-state index contributed by atoms with van der Waals surface area (Å²) < 4.78 is 6.59. The molecule has 0 saturated heterocycles. The number of hydrogen-bond acceptors (Lipinski definition) is 3. The van der Waals surface area contributed by atoms with Crippen molar-refractivity contribution in [2.45, 2.75) is 51.6 Å². The second kappa shape index (κ2) is 8.42. The molecule has 3 aromatic rings. The topological polar surface area (TPSA) is 55.0 Å². The Hall–Kier alpha value is -2.88. The maximum atomic E-state index is 12.4. The van der Waals surface area contributed by atoms with Gasteiger partial charge in [-0.1, -0.05) is 43.7 Å². The summed E-state index contributed by atoms with van der Waals surface area (Å²) in [5, 5.41) is 0. The van der Waals surface area contributed by atoms with Gasteiger partial charge in [0.05, 0.1) is 0 Å². The molecule has 0 saturated carbocycles. The highest BCUT2D eigenvalue weighted by molar-refractivity contribution is 5.99. The molecule has 4 rings (SSSR count). The Bertz CT molecular complexity index is 933. The van der Waals surface area contributed by atoms with Crippen molar-refractivity contribution in [3.8, 4) is 5.75 Å². The average Bonchev–Trinajstić information content (AvgIpc) is 3.23. The molecule has 0 spiro atoms. The van der Waals surface area contributed by atoms with Crippen LogP contribution in [0.25, 0.3) is 0 Å². The molecule has 28 heavy (non-hydrogen) atoms. The van der Waals surface area contributed by atoms with Crippen LogP contribution in [0.5, 0.6) is 5.75 Å². The van der Waals surface area contributed by atoms with Crippen LogP contribution in [0.1, 0.15) is 65.2 Å². The molecule has 1 aliphatic rings. The van der Waals surface area contributed by atoms with Gasteiger partial charge in [0.15, 0.2) is 5.78 Å². The third kappa shape index (κ3) is 3.86. The van der Waals surface area contributed by atoms with Crippen LogP contribution in [0, 0.1) is 0 Å². The normalized spacial score (nSPS) is 14.5. The average molecular weight is 374 g/mol. The van der Waals surface area contributed by atoms with Crippen molar-refractivity contribution in [3.05, 3.63) is 82.9 Å². The predicted octanol–water partition coefficient (Wildman–Crippen LogP) is 5.24. The van der Waals surface area contributed by atoms with Gasteiger partial charge in [-0.3, -0.25) is 4.79 Å². The fraction of sp³-hybridized carbons (Fsp3) is 0.333. The number of H-pyrrole nitrogens is 1. The van der Waals surface area contributed by atoms with E-state index in [1.165, 1.54) is 11.1 Å². The first-order chi connectivity index (χ1) is 13.8. The second-order valence-electron chi connectivity index (χ2n) is 7.35. The highest BCUT2D eigenvalue weighted by Gasteiger charge is 2.24. The number of fused-ring (bicyclic) bond motifs is 1. The minimum Gasteiger partial charge on any atom is -0.485 e. The van der Waals surface area contributed by atoms with Gasteiger partial charge >= 0.3 is 0 Å². The Morgan fingerprint density at radius 2 is 2.00 bits per heavy atom. The van der Waals surface area contributed by atoms with Crippen LogP contribution in [0.2, 0.25) is 0 Å². The summed E-state index contributed by atoms with van der Waals surface area (Å²) in [6.07, 6.45) is 8.63. The van der Waals surface area contributed by atoms with E-state index < -0.39 is 0 Å². The highest BCUT2D eigenvalue weighted by Crippen LogP contribution is 2.35. The summed E-state index contributed by atoms with van der Waals surface area (Å²) in [7, 11) is 0. The van der Waals surface area contributed by atoms with Gasteiger partial charge in [0, 0.05) is 30.8 Å². The summed E-state index contributed by atoms with van der Waals surface area (Å²) >= 11 is 0. The van der Waals surface area contributed by atoms with Gasteiger partial charge < -0.3 is 9.72 Å². The van der Waals surface area contributed by atoms with Crippen molar-refractivity contribution in [1.82, 2.24) is 9.97 Å². The summed E-state index contributed by atoms with van der Waals surface area (Å²) in [4.78, 5) is 19.9. The van der Waals surface area contributed by atoms with E-state index in [-0.39, 0.29) is 11.9 Å². The zero-order valence-electron chi connectivity index (χ0n) is 16.3. The van der Waals surface area contributed by atoms with Crippen LogP contribution in [0.3, 0.4) is 0 Å². The van der Waals surface area contributed by atoms with Crippen molar-refractivity contribution in [3.63, 3.8) is 0 Å². The molecule has 0 bridgehead atoms. The number of nitrogens with one attached hydrogen (secondary N) is 1. The highest BCUT2D eigenvalue weighted by atomic mass is 16.5. The number of hydrogen-bond donors (Lipinski definition) is 1. The van der Waals surface area contributed by atoms with Crippen LogP contribution >= 0.6 is 0 Å². The van der Waals surface area contributed by atoms with Gasteiger partial charge in [-0.05, 0) is 48.1 Å². The quantitative estimate of drug-likeness (QED) is 0.615. The number of imidazole rings is 1. The lowest BCUT2D eigenvalue weighted by atomic mass is 9.85. The van der Waals surface area contributed by atoms with Gasteiger partial charge in [-0.15, -0.1) is 0 Å². The smallest absolute Gasteiger partial charge is 0.163 e. The first-order valence-electron chi connectivity index (χ1n) is 10.1. The number of benzene rings is 2. The molecule has 4 nitrogen and oxygen atoms in total. The Morgan fingerprint density at radius 1 is 1.14 bits per heavy atom. The number of ketones is 1. The molecular weight excluding hydrogens is 348 g/mol. The Kier molecular flexibility index (Phi) is 5.56. The third-order valence-corrected chi connectivity index (χ3v) is 5.39. The predicted molar refractivity (Wildman–Crippen MR) is 110 cm³/mol. The van der Waals surface area contributed by atoms with E-state index in [4.69, 9.17) is 4.74 Å². The van der Waals surface area contributed by atoms with Crippen LogP contribution < -0.4 is 4.74 Å². The minimum atomic E-state index is -0.139. The van der Waals surface area contributed by atoms with Gasteiger partial charge in [-0.25, -0.2) is 4.98 Å². The summed E-state index contributed by atoms with van der Waals surface area (Å²) in [5.74, 6) is 2.06. The maximum Gasteiger partial charge on any atom is 0.163 e. The van der Waals surface area contributed by atoms with Crippen molar-refractivity contribution in [1.29, 1.82) is 0 Å². The largest absolute Gasteiger partial charge is 0.485 e. The van der Waals surface area contributed by atoms with Crippen molar-refractivity contribution >= 4 is 5.78 Å². The molecule has 144 valence electrons. The zero-order valence-corrected chi connectivity index (χ0v) is 16.3. The molecule has 1 atom stereocenters. The third-order valence-electron chi connectivity index (χ3n) is 5.39. The van der Waals surface area contributed by atoms with Crippen LogP contribution in [-0.4, -0.2) is 15.8 Å². The molecule has 0 aliphatic heterocycles. The first kappa shape index (κ1) is 18.5. The molecule has 1 heterocycles. The Labute approximate surface area is 166 Å². The van der Waals surface area contributed by atoms with Gasteiger partial charge in [0.1, 0.15) is 17.7 Å². The summed E-state index contributed by atoms with van der Waals surface area (Å²) in [6, 6.07) is 14.2. The number of aromatic amines is 1. The molecule has 4 heteroatoms. The Balaban J connectivity index is 1.70. The van der Waals surface area contributed by atoms with Crippen LogP contribution in [0.4, 0.5) is 0 Å². The number of carbonyl (C=O) groups excluding carboxylic acids is 1. The summed E-state index contributed by atoms with van der Waals surface area (Å²) in [6.45, 7) is 2.17. The zero-order chi connectivity index (χ0) is 19.3. The fourth-order valence-electron chi connectivity index (χ4n) is 4.05. The lowest BCUT2D eigenvalue weighted by Gasteiger charge is -2.25. The van der Waals surface area contributed by atoms with Crippen molar-refractivity contribution in [2.24, 2.45) is 0 Å². The van der Waals surface area contributed by atoms with E-state index in [0.29, 0.717) is 12.8 Å². The fourth-order valence-corrected chi connectivity index (χ4v) is 4.05.